The van der Waals surface area contributed by atoms with Crippen LogP contribution in [0.15, 0.2) is 24.3 Å². The Morgan fingerprint density at radius 3 is 2.48 bits per heavy atom. The number of nitrogens with zero attached hydrogens (tertiary/aromatic N) is 1. The van der Waals surface area contributed by atoms with Crippen molar-refractivity contribution >= 4 is 29.0 Å². The Balaban J connectivity index is 2.11. The monoisotopic (exact) mass is 405 g/mol. The highest BCUT2D eigenvalue weighted by Crippen LogP contribution is 2.23. The Bertz CT molecular complexity index is 878. The number of hydrogen-bond acceptors (Lipinski definition) is 3. The molecule has 0 unspecified atom stereocenters. The maximum absolute atomic E-state index is 13.3. The van der Waals surface area contributed by atoms with Gasteiger partial charge in [0.2, 0.25) is 0 Å². The number of alkyl halides is 3. The highest BCUT2D eigenvalue weighted by Gasteiger charge is 2.30. The van der Waals surface area contributed by atoms with Gasteiger partial charge in [-0.05, 0) is 36.8 Å². The molecule has 0 bridgehead atoms. The van der Waals surface area contributed by atoms with Crippen molar-refractivity contribution in [3.63, 3.8) is 0 Å². The number of nitrogens with one attached hydrogen (secondary N) is 2. The van der Waals surface area contributed by atoms with Crippen LogP contribution in [0.3, 0.4) is 0 Å². The van der Waals surface area contributed by atoms with Crippen LogP contribution < -0.4 is 10.6 Å². The molecule has 1 aromatic carbocycles. The van der Waals surface area contributed by atoms with Crippen LogP contribution in [0.25, 0.3) is 0 Å². The number of halogens is 5. The van der Waals surface area contributed by atoms with E-state index in [1.807, 2.05) is 0 Å². The normalized spacial score (nSPS) is 11.4. The lowest BCUT2D eigenvalue weighted by molar-refractivity contribution is -0.135. The fourth-order valence-corrected chi connectivity index (χ4v) is 2.54. The third-order valence-electron chi connectivity index (χ3n) is 3.79. The lowest BCUT2D eigenvalue weighted by atomic mass is 10.2. The highest BCUT2D eigenvalue weighted by atomic mass is 35.5. The fraction of sp³-hybridized carbons (Fsp3) is 0.294. The second kappa shape index (κ2) is 7.99. The van der Waals surface area contributed by atoms with Crippen molar-refractivity contribution in [2.45, 2.75) is 19.6 Å². The van der Waals surface area contributed by atoms with Crippen LogP contribution >= 0.6 is 11.6 Å². The molecule has 10 heteroatoms. The Labute approximate surface area is 157 Å². The van der Waals surface area contributed by atoms with Gasteiger partial charge in [-0.3, -0.25) is 9.59 Å². The zero-order valence-electron chi connectivity index (χ0n) is 14.4. The van der Waals surface area contributed by atoms with E-state index in [1.54, 1.807) is 20.0 Å². The third kappa shape index (κ3) is 5.22. The molecule has 0 aliphatic heterocycles. The molecule has 5 nitrogen and oxygen atoms in total. The summed E-state index contributed by atoms with van der Waals surface area (Å²) in [5.74, 6) is -2.91. The van der Waals surface area contributed by atoms with E-state index in [0.29, 0.717) is 16.9 Å². The SMILES string of the molecule is Cc1cc(NCc2cc(C(=O)C(=O)NCC(F)(F)F)c(Cl)n2C)ccc1F. The van der Waals surface area contributed by atoms with Crippen LogP contribution in [0.5, 0.6) is 0 Å². The molecule has 0 aliphatic carbocycles. The number of rotatable bonds is 6. The Morgan fingerprint density at radius 1 is 1.22 bits per heavy atom. The van der Waals surface area contributed by atoms with E-state index >= 15 is 0 Å². The van der Waals surface area contributed by atoms with E-state index in [2.05, 4.69) is 5.32 Å². The number of amides is 1. The molecule has 2 aromatic rings. The van der Waals surface area contributed by atoms with E-state index in [-0.39, 0.29) is 23.1 Å². The van der Waals surface area contributed by atoms with Gasteiger partial charge in [-0.1, -0.05) is 11.6 Å². The summed E-state index contributed by atoms with van der Waals surface area (Å²) < 4.78 is 51.2. The van der Waals surface area contributed by atoms with E-state index in [0.717, 1.165) is 0 Å². The average molecular weight is 406 g/mol. The number of benzene rings is 1. The topological polar surface area (TPSA) is 63.1 Å². The van der Waals surface area contributed by atoms with Crippen LogP contribution in [0.1, 0.15) is 21.6 Å². The Hall–Kier alpha value is -2.55. The lowest BCUT2D eigenvalue weighted by Crippen LogP contribution is -2.38. The van der Waals surface area contributed by atoms with E-state index in [1.165, 1.54) is 28.1 Å². The number of aryl methyl sites for hydroxylation is 1. The van der Waals surface area contributed by atoms with Crippen molar-refractivity contribution in [2.24, 2.45) is 7.05 Å². The second-order valence-corrected chi connectivity index (χ2v) is 6.20. The largest absolute Gasteiger partial charge is 0.405 e. The van der Waals surface area contributed by atoms with Crippen molar-refractivity contribution in [2.75, 3.05) is 11.9 Å². The van der Waals surface area contributed by atoms with Crippen LogP contribution in [0.4, 0.5) is 23.2 Å². The summed E-state index contributed by atoms with van der Waals surface area (Å²) in [7, 11) is 1.54. The highest BCUT2D eigenvalue weighted by molar-refractivity contribution is 6.46. The molecule has 146 valence electrons. The number of ketones is 1. The third-order valence-corrected chi connectivity index (χ3v) is 4.25. The Morgan fingerprint density at radius 2 is 1.89 bits per heavy atom. The van der Waals surface area contributed by atoms with E-state index in [4.69, 9.17) is 11.6 Å². The minimum absolute atomic E-state index is 0.0748. The zero-order chi connectivity index (χ0) is 20.4. The molecule has 1 amide bonds. The van der Waals surface area contributed by atoms with Gasteiger partial charge in [0.05, 0.1) is 12.1 Å². The van der Waals surface area contributed by atoms with E-state index in [9.17, 15) is 27.2 Å². The number of hydrogen-bond donors (Lipinski definition) is 2. The summed E-state index contributed by atoms with van der Waals surface area (Å²) in [5, 5.41) is 4.46. The maximum Gasteiger partial charge on any atom is 0.405 e. The zero-order valence-corrected chi connectivity index (χ0v) is 15.1. The van der Waals surface area contributed by atoms with Gasteiger partial charge in [0.15, 0.2) is 0 Å². The van der Waals surface area contributed by atoms with Crippen LogP contribution in [-0.2, 0) is 18.4 Å². The lowest BCUT2D eigenvalue weighted by Gasteiger charge is -2.09. The summed E-state index contributed by atoms with van der Waals surface area (Å²) in [5.41, 5.74) is 1.38. The number of aromatic nitrogens is 1. The summed E-state index contributed by atoms with van der Waals surface area (Å²) in [6.07, 6.45) is -4.63. The van der Waals surface area contributed by atoms with Crippen LogP contribution in [0.2, 0.25) is 5.15 Å². The van der Waals surface area contributed by atoms with Gasteiger partial charge in [0, 0.05) is 18.4 Å². The first-order valence-corrected chi connectivity index (χ1v) is 8.11. The van der Waals surface area contributed by atoms with Gasteiger partial charge in [-0.2, -0.15) is 13.2 Å². The van der Waals surface area contributed by atoms with Crippen molar-refractivity contribution in [1.82, 2.24) is 9.88 Å². The molecule has 27 heavy (non-hydrogen) atoms. The quantitative estimate of drug-likeness (QED) is 0.438. The predicted molar refractivity (Wildman–Crippen MR) is 92.3 cm³/mol. The summed E-state index contributed by atoms with van der Waals surface area (Å²) in [6, 6.07) is 5.75. The molecule has 0 saturated heterocycles. The summed E-state index contributed by atoms with van der Waals surface area (Å²) in [6.45, 7) is 0.190. The number of carbonyl (C=O) groups is 2. The number of Topliss-reactive ketones (excluding diaryl/α,β-unsaturated/α-hetero) is 1. The number of anilines is 1. The van der Waals surface area contributed by atoms with Crippen molar-refractivity contribution in [3.05, 3.63) is 52.1 Å². The van der Waals surface area contributed by atoms with Crippen molar-refractivity contribution < 1.29 is 27.2 Å². The van der Waals surface area contributed by atoms with Crippen LogP contribution in [-0.4, -0.2) is 29.0 Å². The molecular formula is C17H16ClF4N3O2. The van der Waals surface area contributed by atoms with Gasteiger partial charge in [0.1, 0.15) is 17.5 Å². The molecule has 0 atom stereocenters. The van der Waals surface area contributed by atoms with Gasteiger partial charge < -0.3 is 15.2 Å². The van der Waals surface area contributed by atoms with Gasteiger partial charge in [0.25, 0.3) is 11.7 Å². The van der Waals surface area contributed by atoms with Crippen molar-refractivity contribution in [1.29, 1.82) is 0 Å². The first-order chi connectivity index (χ1) is 12.5. The van der Waals surface area contributed by atoms with Gasteiger partial charge >= 0.3 is 6.18 Å². The molecular weight excluding hydrogens is 390 g/mol. The molecule has 0 spiro atoms. The fourth-order valence-electron chi connectivity index (χ4n) is 2.29. The Kier molecular flexibility index (Phi) is 6.15. The molecule has 0 saturated carbocycles. The minimum Gasteiger partial charge on any atom is -0.379 e. The molecule has 2 rings (SSSR count). The smallest absolute Gasteiger partial charge is 0.379 e. The predicted octanol–water partition coefficient (Wildman–Crippen LogP) is 3.60. The summed E-state index contributed by atoms with van der Waals surface area (Å²) >= 11 is 6.03. The average Bonchev–Trinajstić information content (AvgIpc) is 2.87. The maximum atomic E-state index is 13.3. The minimum atomic E-state index is -4.63. The molecule has 1 heterocycles. The molecule has 1 aromatic heterocycles. The standard InChI is InChI=1S/C17H16ClF4N3O2/c1-9-5-10(3-4-13(9)19)23-7-11-6-12(15(18)25(11)2)14(26)16(27)24-8-17(20,21)22/h3-6,23H,7-8H2,1-2H3,(H,24,27). The first kappa shape index (κ1) is 20.8. The first-order valence-electron chi connectivity index (χ1n) is 7.73. The van der Waals surface area contributed by atoms with Crippen LogP contribution in [0, 0.1) is 12.7 Å². The van der Waals surface area contributed by atoms with Gasteiger partial charge in [-0.15, -0.1) is 0 Å². The molecule has 0 fully saturated rings. The number of carbonyl (C=O) groups excluding carboxylic acids is 2. The van der Waals surface area contributed by atoms with Gasteiger partial charge in [-0.25, -0.2) is 4.39 Å². The summed E-state index contributed by atoms with van der Waals surface area (Å²) in [4.78, 5) is 23.7. The molecule has 2 N–H and O–H groups in total. The molecule has 0 aliphatic rings. The van der Waals surface area contributed by atoms with Crippen molar-refractivity contribution in [3.8, 4) is 0 Å². The second-order valence-electron chi connectivity index (χ2n) is 5.84. The van der Waals surface area contributed by atoms with E-state index < -0.39 is 24.4 Å². The molecule has 0 radical (unpaired) electrons.